The van der Waals surface area contributed by atoms with Crippen LogP contribution in [0, 0.1) is 5.92 Å². The van der Waals surface area contributed by atoms with E-state index >= 15 is 0 Å². The third-order valence-electron chi connectivity index (χ3n) is 5.74. The lowest BCUT2D eigenvalue weighted by molar-refractivity contribution is 0.147. The number of ether oxygens (including phenoxy) is 1. The Labute approximate surface area is 180 Å². The van der Waals surface area contributed by atoms with Gasteiger partial charge in [0.1, 0.15) is 0 Å². The van der Waals surface area contributed by atoms with Crippen molar-refractivity contribution in [2.45, 2.75) is 58.2 Å². The molecule has 1 aromatic rings. The molecule has 1 aliphatic heterocycles. The van der Waals surface area contributed by atoms with Gasteiger partial charge in [-0.1, -0.05) is 30.3 Å². The van der Waals surface area contributed by atoms with Crippen molar-refractivity contribution in [3.05, 3.63) is 35.9 Å². The SMILES string of the molecule is CCNC(=NCC(NC(=O)OCC)C1CC1)NC1CCN(Cc2ccccc2)CC1. The number of guanidine groups is 1. The Morgan fingerprint density at radius 3 is 2.53 bits per heavy atom. The summed E-state index contributed by atoms with van der Waals surface area (Å²) in [6.07, 6.45) is 4.16. The zero-order valence-corrected chi connectivity index (χ0v) is 18.4. The molecule has 1 amide bonds. The van der Waals surface area contributed by atoms with Gasteiger partial charge in [-0.15, -0.1) is 0 Å². The number of nitrogens with zero attached hydrogens (tertiary/aromatic N) is 2. The second kappa shape index (κ2) is 11.8. The van der Waals surface area contributed by atoms with Crippen LogP contribution < -0.4 is 16.0 Å². The van der Waals surface area contributed by atoms with Gasteiger partial charge in [-0.2, -0.15) is 0 Å². The molecular formula is C23H37N5O2. The van der Waals surface area contributed by atoms with Crippen LogP contribution in [0.3, 0.4) is 0 Å². The van der Waals surface area contributed by atoms with Gasteiger partial charge in [0.05, 0.1) is 19.2 Å². The molecule has 0 bridgehead atoms. The van der Waals surface area contributed by atoms with E-state index in [4.69, 9.17) is 9.73 Å². The second-order valence-electron chi connectivity index (χ2n) is 8.21. The van der Waals surface area contributed by atoms with Gasteiger partial charge in [-0.3, -0.25) is 9.89 Å². The highest BCUT2D eigenvalue weighted by molar-refractivity contribution is 5.80. The Balaban J connectivity index is 1.47. The molecule has 2 aliphatic rings. The van der Waals surface area contributed by atoms with Gasteiger partial charge < -0.3 is 20.7 Å². The highest BCUT2D eigenvalue weighted by Crippen LogP contribution is 2.32. The molecule has 0 aromatic heterocycles. The number of rotatable bonds is 9. The lowest BCUT2D eigenvalue weighted by atomic mass is 10.0. The summed E-state index contributed by atoms with van der Waals surface area (Å²) >= 11 is 0. The highest BCUT2D eigenvalue weighted by atomic mass is 16.5. The zero-order valence-electron chi connectivity index (χ0n) is 18.4. The van der Waals surface area contributed by atoms with E-state index in [9.17, 15) is 4.79 Å². The maximum Gasteiger partial charge on any atom is 0.407 e. The summed E-state index contributed by atoms with van der Waals surface area (Å²) in [6, 6.07) is 11.1. The lowest BCUT2D eigenvalue weighted by Crippen LogP contribution is -2.49. The van der Waals surface area contributed by atoms with Gasteiger partial charge in [-0.05, 0) is 51.0 Å². The van der Waals surface area contributed by atoms with Crippen LogP contribution in [0.1, 0.15) is 45.1 Å². The zero-order chi connectivity index (χ0) is 21.2. The molecule has 30 heavy (non-hydrogen) atoms. The standard InChI is InChI=1S/C23H37N5O2/c1-3-24-22(25-16-21(19-10-11-19)27-23(29)30-4-2)26-20-12-14-28(15-13-20)17-18-8-6-5-7-9-18/h5-9,19-21H,3-4,10-17H2,1-2H3,(H,27,29)(H2,24,25,26). The van der Waals surface area contributed by atoms with Crippen LogP contribution in [0.15, 0.2) is 35.3 Å². The van der Waals surface area contributed by atoms with E-state index in [1.165, 1.54) is 5.56 Å². The predicted molar refractivity (Wildman–Crippen MR) is 121 cm³/mol. The van der Waals surface area contributed by atoms with Gasteiger partial charge >= 0.3 is 6.09 Å². The summed E-state index contributed by atoms with van der Waals surface area (Å²) in [6.45, 7) is 8.87. The number of piperidine rings is 1. The molecule has 3 N–H and O–H groups in total. The molecule has 1 saturated carbocycles. The average Bonchev–Trinajstić information content (AvgIpc) is 3.59. The molecule has 0 radical (unpaired) electrons. The fourth-order valence-electron chi connectivity index (χ4n) is 3.92. The van der Waals surface area contributed by atoms with Gasteiger partial charge in [0.2, 0.25) is 0 Å². The number of amides is 1. The van der Waals surface area contributed by atoms with Crippen molar-refractivity contribution in [2.75, 3.05) is 32.8 Å². The van der Waals surface area contributed by atoms with Crippen LogP contribution in [0.2, 0.25) is 0 Å². The van der Waals surface area contributed by atoms with Crippen molar-refractivity contribution in [2.24, 2.45) is 10.9 Å². The smallest absolute Gasteiger partial charge is 0.407 e. The Bertz CT molecular complexity index is 669. The van der Waals surface area contributed by atoms with E-state index in [0.717, 1.165) is 57.8 Å². The van der Waals surface area contributed by atoms with Crippen molar-refractivity contribution in [3.63, 3.8) is 0 Å². The summed E-state index contributed by atoms with van der Waals surface area (Å²) in [5.74, 6) is 1.36. The molecule has 7 nitrogen and oxygen atoms in total. The summed E-state index contributed by atoms with van der Waals surface area (Å²) in [5.41, 5.74) is 1.37. The fraction of sp³-hybridized carbons (Fsp3) is 0.652. The molecule has 1 unspecified atom stereocenters. The minimum atomic E-state index is -0.339. The minimum Gasteiger partial charge on any atom is -0.450 e. The molecule has 3 rings (SSSR count). The van der Waals surface area contributed by atoms with E-state index in [-0.39, 0.29) is 12.1 Å². The molecule has 1 aliphatic carbocycles. The lowest BCUT2D eigenvalue weighted by Gasteiger charge is -2.33. The van der Waals surface area contributed by atoms with Crippen molar-refractivity contribution >= 4 is 12.1 Å². The number of likely N-dealkylation sites (tertiary alicyclic amines) is 1. The van der Waals surface area contributed by atoms with E-state index < -0.39 is 0 Å². The van der Waals surface area contributed by atoms with Gasteiger partial charge in [0, 0.05) is 32.2 Å². The molecule has 166 valence electrons. The van der Waals surface area contributed by atoms with Crippen LogP contribution in [-0.2, 0) is 11.3 Å². The van der Waals surface area contributed by atoms with Gasteiger partial charge in [0.15, 0.2) is 5.96 Å². The van der Waals surface area contributed by atoms with E-state index in [1.54, 1.807) is 0 Å². The monoisotopic (exact) mass is 415 g/mol. The number of alkyl carbamates (subject to hydrolysis) is 1. The number of aliphatic imine (C=N–C) groups is 1. The number of benzene rings is 1. The summed E-state index contributed by atoms with van der Waals surface area (Å²) in [4.78, 5) is 19.1. The molecule has 1 aromatic carbocycles. The third-order valence-corrected chi connectivity index (χ3v) is 5.74. The largest absolute Gasteiger partial charge is 0.450 e. The molecule has 1 saturated heterocycles. The number of hydrogen-bond donors (Lipinski definition) is 3. The Hall–Kier alpha value is -2.28. The van der Waals surface area contributed by atoms with Crippen LogP contribution in [0.25, 0.3) is 0 Å². The summed E-state index contributed by atoms with van der Waals surface area (Å²) in [7, 11) is 0. The van der Waals surface area contributed by atoms with Crippen molar-refractivity contribution in [3.8, 4) is 0 Å². The Kier molecular flexibility index (Phi) is 8.81. The normalized spacial score (nSPS) is 19.2. The second-order valence-corrected chi connectivity index (χ2v) is 8.21. The fourth-order valence-corrected chi connectivity index (χ4v) is 3.92. The molecule has 1 heterocycles. The Morgan fingerprint density at radius 1 is 1.17 bits per heavy atom. The maximum atomic E-state index is 11.8. The number of carbonyl (C=O) groups is 1. The molecule has 1 atom stereocenters. The quantitative estimate of drug-likeness (QED) is 0.427. The highest BCUT2D eigenvalue weighted by Gasteiger charge is 2.32. The van der Waals surface area contributed by atoms with Crippen molar-refractivity contribution in [1.82, 2.24) is 20.9 Å². The third kappa shape index (κ3) is 7.52. The molecule has 2 fully saturated rings. The van der Waals surface area contributed by atoms with Crippen LogP contribution in [0.5, 0.6) is 0 Å². The number of carbonyl (C=O) groups excluding carboxylic acids is 1. The first-order valence-electron chi connectivity index (χ1n) is 11.4. The van der Waals surface area contributed by atoms with Crippen molar-refractivity contribution in [1.29, 1.82) is 0 Å². The van der Waals surface area contributed by atoms with Gasteiger partial charge in [-0.25, -0.2) is 4.79 Å². The molecule has 0 spiro atoms. The van der Waals surface area contributed by atoms with E-state index in [0.29, 0.717) is 25.1 Å². The summed E-state index contributed by atoms with van der Waals surface area (Å²) in [5, 5.41) is 9.94. The molecular weight excluding hydrogens is 378 g/mol. The predicted octanol–water partition coefficient (Wildman–Crippen LogP) is 2.73. The van der Waals surface area contributed by atoms with Crippen LogP contribution in [0.4, 0.5) is 4.79 Å². The summed E-state index contributed by atoms with van der Waals surface area (Å²) < 4.78 is 5.04. The average molecular weight is 416 g/mol. The number of nitrogens with one attached hydrogen (secondary N) is 3. The maximum absolute atomic E-state index is 11.8. The van der Waals surface area contributed by atoms with Crippen LogP contribution in [-0.4, -0.2) is 61.8 Å². The van der Waals surface area contributed by atoms with E-state index in [2.05, 4.69) is 58.1 Å². The Morgan fingerprint density at radius 2 is 1.90 bits per heavy atom. The van der Waals surface area contributed by atoms with E-state index in [1.807, 2.05) is 6.92 Å². The van der Waals surface area contributed by atoms with Gasteiger partial charge in [0.25, 0.3) is 0 Å². The van der Waals surface area contributed by atoms with Crippen LogP contribution >= 0.6 is 0 Å². The first-order valence-corrected chi connectivity index (χ1v) is 11.4. The topological polar surface area (TPSA) is 78.0 Å². The minimum absolute atomic E-state index is 0.0484. The molecule has 7 heteroatoms. The number of hydrogen-bond acceptors (Lipinski definition) is 4. The first kappa shape index (κ1) is 22.4. The first-order chi connectivity index (χ1) is 14.7. The van der Waals surface area contributed by atoms with Crippen molar-refractivity contribution < 1.29 is 9.53 Å².